The monoisotopic (exact) mass is 328 g/mol. The second kappa shape index (κ2) is 6.44. The maximum atomic E-state index is 11.6. The summed E-state index contributed by atoms with van der Waals surface area (Å²) in [4.78, 5) is 27.3. The van der Waals surface area contributed by atoms with Gasteiger partial charge in [0, 0.05) is 0 Å². The van der Waals surface area contributed by atoms with Crippen molar-refractivity contribution in [3.8, 4) is 0 Å². The van der Waals surface area contributed by atoms with E-state index >= 15 is 0 Å². The molecule has 0 N–H and O–H groups in total. The van der Waals surface area contributed by atoms with Crippen molar-refractivity contribution in [2.24, 2.45) is 0 Å². The molecule has 1 fully saturated rings. The van der Waals surface area contributed by atoms with Crippen LogP contribution in [0.1, 0.15) is 0 Å². The molecule has 1 aliphatic rings. The first-order valence-corrected chi connectivity index (χ1v) is 10.4. The Morgan fingerprint density at radius 3 is 2.77 bits per heavy atom. The maximum Gasteiger partial charge on any atom is 0.434 e. The van der Waals surface area contributed by atoms with Crippen molar-refractivity contribution in [2.75, 3.05) is 19.7 Å². The Bertz CT molecular complexity index is 556. The summed E-state index contributed by atoms with van der Waals surface area (Å²) in [6, 6.07) is 0. The van der Waals surface area contributed by atoms with E-state index in [2.05, 4.69) is 4.98 Å². The van der Waals surface area contributed by atoms with Gasteiger partial charge in [-0.2, -0.15) is 0 Å². The van der Waals surface area contributed by atoms with Crippen LogP contribution in [0, 0.1) is 10.1 Å². The number of nitro groups is 1. The molecule has 0 spiro atoms. The van der Waals surface area contributed by atoms with E-state index < -0.39 is 13.2 Å². The predicted octanol–water partition coefficient (Wildman–Crippen LogP) is 1.46. The second-order valence-electron chi connectivity index (χ2n) is 6.05. The van der Waals surface area contributed by atoms with Gasteiger partial charge in [0.1, 0.15) is 19.0 Å². The van der Waals surface area contributed by atoms with Crippen LogP contribution in [0.5, 0.6) is 0 Å². The molecule has 2 rings (SSSR count). The zero-order valence-corrected chi connectivity index (χ0v) is 13.9. The molecule has 1 aromatic rings. The number of carbonyl (C=O) groups is 1. The summed E-state index contributed by atoms with van der Waals surface area (Å²) in [6.45, 7) is 7.59. The van der Waals surface area contributed by atoms with Crippen molar-refractivity contribution in [3.05, 3.63) is 22.5 Å². The molecule has 1 aliphatic heterocycles. The molecule has 0 bridgehead atoms. The number of nitrogens with zero attached hydrogens (tertiary/aromatic N) is 4. The SMILES string of the molecule is C[Si](C)(C)O[C@H](CN1CCOC1=O)Cn1ccnc1[N+](=O)[O-]. The van der Waals surface area contributed by atoms with Gasteiger partial charge in [-0.3, -0.25) is 0 Å². The molecule has 1 aromatic heterocycles. The van der Waals surface area contributed by atoms with E-state index in [9.17, 15) is 14.9 Å². The molecule has 1 amide bonds. The molecular weight excluding hydrogens is 308 g/mol. The van der Waals surface area contributed by atoms with E-state index in [-0.39, 0.29) is 24.7 Å². The van der Waals surface area contributed by atoms with Crippen molar-refractivity contribution in [1.82, 2.24) is 14.5 Å². The fraction of sp³-hybridized carbons (Fsp3) is 0.667. The molecule has 2 heterocycles. The van der Waals surface area contributed by atoms with Crippen LogP contribution in [0.3, 0.4) is 0 Å². The standard InChI is InChI=1S/C12H20N4O5Si/c1-22(2,3)21-10(9-15-6-7-20-12(15)17)8-14-5-4-13-11(14)16(18)19/h4-5,10H,6-9H2,1-3H3/t10-/m0/s1. The molecule has 0 saturated carbocycles. The fourth-order valence-electron chi connectivity index (χ4n) is 2.30. The van der Waals surface area contributed by atoms with Gasteiger partial charge < -0.3 is 24.2 Å². The van der Waals surface area contributed by atoms with Crippen LogP contribution >= 0.6 is 0 Å². The molecule has 22 heavy (non-hydrogen) atoms. The molecule has 1 atom stereocenters. The Kier molecular flexibility index (Phi) is 4.81. The number of amides is 1. The number of carbonyl (C=O) groups excluding carboxylic acids is 1. The Balaban J connectivity index is 2.11. The van der Waals surface area contributed by atoms with Crippen LogP contribution in [0.2, 0.25) is 19.6 Å². The summed E-state index contributed by atoms with van der Waals surface area (Å²) in [5.74, 6) is -0.229. The van der Waals surface area contributed by atoms with Crippen LogP contribution in [0.15, 0.2) is 12.4 Å². The topological polar surface area (TPSA) is 99.7 Å². The van der Waals surface area contributed by atoms with Gasteiger partial charge in [-0.15, -0.1) is 0 Å². The van der Waals surface area contributed by atoms with E-state index in [0.717, 1.165) is 0 Å². The Morgan fingerprint density at radius 2 is 2.23 bits per heavy atom. The molecular formula is C12H20N4O5Si. The van der Waals surface area contributed by atoms with Crippen LogP contribution in [0.4, 0.5) is 10.7 Å². The normalized spacial score (nSPS) is 16.7. The van der Waals surface area contributed by atoms with Crippen molar-refractivity contribution in [1.29, 1.82) is 0 Å². The molecule has 122 valence electrons. The van der Waals surface area contributed by atoms with Crippen molar-refractivity contribution >= 4 is 20.4 Å². The molecule has 0 aromatic carbocycles. The first-order chi connectivity index (χ1) is 10.3. The minimum atomic E-state index is -1.87. The van der Waals surface area contributed by atoms with Crippen molar-refractivity contribution in [2.45, 2.75) is 32.3 Å². The van der Waals surface area contributed by atoms with E-state index in [4.69, 9.17) is 9.16 Å². The number of ether oxygens (including phenoxy) is 1. The molecule has 10 heteroatoms. The largest absolute Gasteiger partial charge is 0.448 e. The zero-order valence-electron chi connectivity index (χ0n) is 12.9. The molecule has 0 unspecified atom stereocenters. The summed E-state index contributed by atoms with van der Waals surface area (Å²) >= 11 is 0. The van der Waals surface area contributed by atoms with Gasteiger partial charge >= 0.3 is 12.0 Å². The summed E-state index contributed by atoms with van der Waals surface area (Å²) < 4.78 is 12.4. The van der Waals surface area contributed by atoms with E-state index in [1.54, 1.807) is 11.1 Å². The molecule has 1 saturated heterocycles. The Hall–Kier alpha value is -1.94. The Morgan fingerprint density at radius 1 is 1.50 bits per heavy atom. The molecule has 0 aliphatic carbocycles. The average Bonchev–Trinajstić information content (AvgIpc) is 2.97. The lowest BCUT2D eigenvalue weighted by molar-refractivity contribution is -0.397. The van der Waals surface area contributed by atoms with Crippen molar-refractivity contribution < 1.29 is 18.9 Å². The Labute approximate surface area is 129 Å². The number of hydrogen-bond donors (Lipinski definition) is 0. The van der Waals surface area contributed by atoms with Gasteiger partial charge in [0.2, 0.25) is 0 Å². The fourth-order valence-corrected chi connectivity index (χ4v) is 3.45. The minimum Gasteiger partial charge on any atom is -0.448 e. The van der Waals surface area contributed by atoms with Crippen LogP contribution < -0.4 is 0 Å². The van der Waals surface area contributed by atoms with Gasteiger partial charge in [0.25, 0.3) is 0 Å². The summed E-state index contributed by atoms with van der Waals surface area (Å²) in [5.41, 5.74) is 0. The van der Waals surface area contributed by atoms with Gasteiger partial charge in [0.15, 0.2) is 8.32 Å². The lowest BCUT2D eigenvalue weighted by Gasteiger charge is -2.28. The smallest absolute Gasteiger partial charge is 0.434 e. The predicted molar refractivity (Wildman–Crippen MR) is 80.0 cm³/mol. The molecule has 9 nitrogen and oxygen atoms in total. The van der Waals surface area contributed by atoms with Crippen LogP contribution in [-0.4, -0.2) is 59.6 Å². The third-order valence-electron chi connectivity index (χ3n) is 3.05. The van der Waals surface area contributed by atoms with E-state index in [1.165, 1.54) is 10.8 Å². The lowest BCUT2D eigenvalue weighted by atomic mass is 10.3. The van der Waals surface area contributed by atoms with Gasteiger partial charge in [-0.25, -0.2) is 9.36 Å². The van der Waals surface area contributed by atoms with Gasteiger partial charge in [0.05, 0.1) is 25.7 Å². The number of rotatable bonds is 7. The summed E-state index contributed by atoms with van der Waals surface area (Å²) in [7, 11) is -1.87. The third kappa shape index (κ3) is 4.27. The third-order valence-corrected chi connectivity index (χ3v) is 4.09. The van der Waals surface area contributed by atoms with Crippen LogP contribution in [-0.2, 0) is 15.7 Å². The van der Waals surface area contributed by atoms with E-state index in [0.29, 0.717) is 19.7 Å². The highest BCUT2D eigenvalue weighted by atomic mass is 28.4. The minimum absolute atomic E-state index is 0.229. The van der Waals surface area contributed by atoms with Crippen LogP contribution in [0.25, 0.3) is 0 Å². The highest BCUT2D eigenvalue weighted by Crippen LogP contribution is 2.16. The van der Waals surface area contributed by atoms with Crippen molar-refractivity contribution in [3.63, 3.8) is 0 Å². The highest BCUT2D eigenvalue weighted by Gasteiger charge is 2.30. The summed E-state index contributed by atoms with van der Waals surface area (Å²) in [6.07, 6.45) is 2.21. The van der Waals surface area contributed by atoms with Gasteiger partial charge in [-0.1, -0.05) is 4.98 Å². The maximum absolute atomic E-state index is 11.6. The number of cyclic esters (lactones) is 1. The summed E-state index contributed by atoms with van der Waals surface area (Å²) in [5, 5.41) is 11.0. The van der Waals surface area contributed by atoms with E-state index in [1.807, 2.05) is 19.6 Å². The first-order valence-electron chi connectivity index (χ1n) is 7.01. The quantitative estimate of drug-likeness (QED) is 0.427. The lowest BCUT2D eigenvalue weighted by Crippen LogP contribution is -2.42. The molecule has 0 radical (unpaired) electrons. The number of imidazole rings is 1. The zero-order chi connectivity index (χ0) is 16.3. The average molecular weight is 328 g/mol. The number of aromatic nitrogens is 2. The second-order valence-corrected chi connectivity index (χ2v) is 10.5. The first kappa shape index (κ1) is 16.4. The van der Waals surface area contributed by atoms with Gasteiger partial charge in [-0.05, 0) is 24.6 Å². The number of hydrogen-bond acceptors (Lipinski definition) is 6. The highest BCUT2D eigenvalue weighted by molar-refractivity contribution is 6.69.